The Balaban J connectivity index is 1.49. The SMILES string of the molecule is CC1(O[Si](C)(C)C(C)(C)C)CC(n2ccc3cc(B4OC(C)(C)C(C)(C)O4)cnc32)C1. The van der Waals surface area contributed by atoms with Gasteiger partial charge in [0, 0.05) is 29.3 Å². The van der Waals surface area contributed by atoms with E-state index in [9.17, 15) is 0 Å². The first-order chi connectivity index (χ1) is 14.0. The standard InChI is InChI=1S/C24H39BN2O3Si/c1-21(2,3)31(9,10)30-24(8)14-19(15-24)27-12-11-17-13-18(16-26-20(17)27)25-28-22(4,5)23(6,7)29-25/h11-13,16,19H,14-15H2,1-10H3. The van der Waals surface area contributed by atoms with Crippen LogP contribution in [-0.2, 0) is 13.7 Å². The molecule has 1 saturated heterocycles. The maximum Gasteiger partial charge on any atom is 0.496 e. The van der Waals surface area contributed by atoms with Crippen molar-refractivity contribution in [1.82, 2.24) is 9.55 Å². The normalized spacial score (nSPS) is 28.2. The summed E-state index contributed by atoms with van der Waals surface area (Å²) in [5.41, 5.74) is 1.27. The van der Waals surface area contributed by atoms with Crippen molar-refractivity contribution >= 4 is 31.9 Å². The molecule has 0 spiro atoms. The van der Waals surface area contributed by atoms with Crippen LogP contribution in [0.4, 0.5) is 0 Å². The van der Waals surface area contributed by atoms with E-state index >= 15 is 0 Å². The van der Waals surface area contributed by atoms with Crippen molar-refractivity contribution in [3.8, 4) is 0 Å². The smallest absolute Gasteiger partial charge is 0.411 e. The quantitative estimate of drug-likeness (QED) is 0.591. The molecule has 5 nitrogen and oxygen atoms in total. The predicted octanol–water partition coefficient (Wildman–Crippen LogP) is 5.45. The molecule has 2 fully saturated rings. The van der Waals surface area contributed by atoms with Crippen molar-refractivity contribution in [1.29, 1.82) is 0 Å². The van der Waals surface area contributed by atoms with Crippen LogP contribution in [0.3, 0.4) is 0 Å². The number of pyridine rings is 1. The fourth-order valence-corrected chi connectivity index (χ4v) is 6.15. The van der Waals surface area contributed by atoms with Crippen molar-refractivity contribution in [2.24, 2.45) is 0 Å². The Morgan fingerprint density at radius 3 is 2.23 bits per heavy atom. The van der Waals surface area contributed by atoms with Crippen LogP contribution in [0.25, 0.3) is 11.0 Å². The number of hydrogen-bond acceptors (Lipinski definition) is 4. The van der Waals surface area contributed by atoms with Gasteiger partial charge in [-0.25, -0.2) is 4.98 Å². The van der Waals surface area contributed by atoms with E-state index < -0.39 is 8.32 Å². The molecule has 0 atom stereocenters. The largest absolute Gasteiger partial charge is 0.496 e. The van der Waals surface area contributed by atoms with Gasteiger partial charge < -0.3 is 18.3 Å². The zero-order valence-electron chi connectivity index (χ0n) is 21.0. The lowest BCUT2D eigenvalue weighted by atomic mass is 9.77. The molecule has 7 heteroatoms. The third-order valence-electron chi connectivity index (χ3n) is 8.14. The minimum Gasteiger partial charge on any atom is -0.411 e. The average Bonchev–Trinajstić information content (AvgIpc) is 3.08. The molecule has 1 saturated carbocycles. The molecule has 1 aliphatic heterocycles. The highest BCUT2D eigenvalue weighted by Gasteiger charge is 2.52. The number of aromatic nitrogens is 2. The van der Waals surface area contributed by atoms with E-state index in [1.54, 1.807) is 0 Å². The van der Waals surface area contributed by atoms with Crippen LogP contribution in [0.15, 0.2) is 24.5 Å². The van der Waals surface area contributed by atoms with Gasteiger partial charge in [-0.05, 0) is 77.7 Å². The Morgan fingerprint density at radius 2 is 1.68 bits per heavy atom. The summed E-state index contributed by atoms with van der Waals surface area (Å²) in [5.74, 6) is 0. The summed E-state index contributed by atoms with van der Waals surface area (Å²) in [5, 5.41) is 1.36. The molecule has 0 radical (unpaired) electrons. The van der Waals surface area contributed by atoms with E-state index in [4.69, 9.17) is 18.7 Å². The summed E-state index contributed by atoms with van der Waals surface area (Å²) in [6.45, 7) is 22.2. The number of hydrogen-bond donors (Lipinski definition) is 0. The van der Waals surface area contributed by atoms with Gasteiger partial charge in [-0.1, -0.05) is 20.8 Å². The molecule has 4 rings (SSSR count). The molecule has 0 unspecified atom stereocenters. The first kappa shape index (κ1) is 23.0. The Hall–Kier alpha value is -1.15. The van der Waals surface area contributed by atoms with E-state index in [-0.39, 0.29) is 29.0 Å². The number of nitrogens with zero attached hydrogens (tertiary/aromatic N) is 2. The van der Waals surface area contributed by atoms with Crippen LogP contribution in [0, 0.1) is 0 Å². The molecule has 2 aromatic rings. The Kier molecular flexibility index (Phi) is 5.14. The molecule has 0 aromatic carbocycles. The van der Waals surface area contributed by atoms with Gasteiger partial charge >= 0.3 is 7.12 Å². The monoisotopic (exact) mass is 442 g/mol. The van der Waals surface area contributed by atoms with Gasteiger partial charge in [0.05, 0.1) is 16.8 Å². The second-order valence-electron chi connectivity index (χ2n) is 12.4. The van der Waals surface area contributed by atoms with E-state index in [0.29, 0.717) is 6.04 Å². The van der Waals surface area contributed by atoms with Crippen molar-refractivity contribution in [2.75, 3.05) is 0 Å². The summed E-state index contributed by atoms with van der Waals surface area (Å²) >= 11 is 0. The fraction of sp³-hybridized carbons (Fsp3) is 0.708. The molecule has 3 heterocycles. The zero-order valence-corrected chi connectivity index (χ0v) is 22.0. The second-order valence-corrected chi connectivity index (χ2v) is 17.1. The van der Waals surface area contributed by atoms with Crippen LogP contribution in [0.5, 0.6) is 0 Å². The van der Waals surface area contributed by atoms with Crippen molar-refractivity contribution in [3.05, 3.63) is 24.5 Å². The van der Waals surface area contributed by atoms with E-state index in [0.717, 1.165) is 29.3 Å². The van der Waals surface area contributed by atoms with Crippen LogP contribution >= 0.6 is 0 Å². The lowest BCUT2D eigenvalue weighted by Crippen LogP contribution is -2.54. The molecule has 2 aromatic heterocycles. The van der Waals surface area contributed by atoms with Crippen molar-refractivity contribution in [2.45, 2.75) is 109 Å². The summed E-state index contributed by atoms with van der Waals surface area (Å²) < 4.78 is 21.5. The van der Waals surface area contributed by atoms with Crippen LogP contribution in [0.1, 0.15) is 74.3 Å². The maximum atomic E-state index is 6.76. The Labute approximate surface area is 189 Å². The summed E-state index contributed by atoms with van der Waals surface area (Å²) in [4.78, 5) is 4.82. The lowest BCUT2D eigenvalue weighted by molar-refractivity contribution is -0.0377. The molecule has 31 heavy (non-hydrogen) atoms. The van der Waals surface area contributed by atoms with Gasteiger partial charge in [-0.2, -0.15) is 0 Å². The topological polar surface area (TPSA) is 45.5 Å². The van der Waals surface area contributed by atoms with Gasteiger partial charge in [-0.15, -0.1) is 0 Å². The van der Waals surface area contributed by atoms with Gasteiger partial charge in [0.1, 0.15) is 5.65 Å². The van der Waals surface area contributed by atoms with Gasteiger partial charge in [0.2, 0.25) is 0 Å². The highest BCUT2D eigenvalue weighted by Crippen LogP contribution is 2.49. The minimum absolute atomic E-state index is 0.0348. The average molecular weight is 442 g/mol. The molecule has 2 aliphatic rings. The minimum atomic E-state index is -1.78. The van der Waals surface area contributed by atoms with Crippen LogP contribution in [0.2, 0.25) is 18.1 Å². The third kappa shape index (κ3) is 3.92. The van der Waals surface area contributed by atoms with E-state index in [1.807, 2.05) is 6.20 Å². The van der Waals surface area contributed by atoms with Crippen molar-refractivity contribution < 1.29 is 13.7 Å². The van der Waals surface area contributed by atoms with E-state index in [2.05, 4.69) is 91.4 Å². The highest BCUT2D eigenvalue weighted by molar-refractivity contribution is 6.74. The van der Waals surface area contributed by atoms with Crippen LogP contribution in [-0.4, -0.2) is 41.8 Å². The summed E-state index contributed by atoms with van der Waals surface area (Å²) in [7, 11) is -2.16. The number of fused-ring (bicyclic) bond motifs is 1. The Bertz CT molecular complexity index is 970. The first-order valence-electron chi connectivity index (χ1n) is 11.6. The second kappa shape index (κ2) is 6.92. The molecule has 170 valence electrons. The van der Waals surface area contributed by atoms with Gasteiger partial charge in [0.15, 0.2) is 8.32 Å². The third-order valence-corrected chi connectivity index (χ3v) is 12.8. The molecule has 0 amide bonds. The summed E-state index contributed by atoms with van der Waals surface area (Å²) in [6.07, 6.45) is 6.14. The molecule has 0 N–H and O–H groups in total. The molecular formula is C24H39BN2O3Si. The lowest BCUT2D eigenvalue weighted by Gasteiger charge is -2.52. The predicted molar refractivity (Wildman–Crippen MR) is 130 cm³/mol. The van der Waals surface area contributed by atoms with E-state index in [1.165, 1.54) is 0 Å². The fourth-order valence-electron chi connectivity index (χ4n) is 4.45. The number of rotatable bonds is 4. The highest BCUT2D eigenvalue weighted by atomic mass is 28.4. The zero-order chi connectivity index (χ0) is 23.0. The first-order valence-corrected chi connectivity index (χ1v) is 14.5. The van der Waals surface area contributed by atoms with Gasteiger partial charge in [-0.3, -0.25) is 0 Å². The van der Waals surface area contributed by atoms with Gasteiger partial charge in [0.25, 0.3) is 0 Å². The van der Waals surface area contributed by atoms with Crippen LogP contribution < -0.4 is 5.46 Å². The Morgan fingerprint density at radius 1 is 1.10 bits per heavy atom. The molecule has 1 aliphatic carbocycles. The van der Waals surface area contributed by atoms with Crippen molar-refractivity contribution in [3.63, 3.8) is 0 Å². The maximum absolute atomic E-state index is 6.76. The molecule has 0 bridgehead atoms. The molecular weight excluding hydrogens is 403 g/mol. The summed E-state index contributed by atoms with van der Waals surface area (Å²) in [6, 6.07) is 4.74.